The summed E-state index contributed by atoms with van der Waals surface area (Å²) < 4.78 is 13.3. The summed E-state index contributed by atoms with van der Waals surface area (Å²) in [7, 11) is 0. The zero-order valence-electron chi connectivity index (χ0n) is 16.3. The van der Waals surface area contributed by atoms with Crippen molar-refractivity contribution in [2.45, 2.75) is 39.8 Å². The van der Waals surface area contributed by atoms with E-state index in [2.05, 4.69) is 34.7 Å². The lowest BCUT2D eigenvalue weighted by Gasteiger charge is -2.15. The van der Waals surface area contributed by atoms with Gasteiger partial charge in [-0.2, -0.15) is 4.68 Å². The van der Waals surface area contributed by atoms with E-state index in [4.69, 9.17) is 9.47 Å². The van der Waals surface area contributed by atoms with Crippen molar-refractivity contribution in [1.82, 2.24) is 25.5 Å². The van der Waals surface area contributed by atoms with Crippen molar-refractivity contribution in [3.05, 3.63) is 54.1 Å². The number of rotatable bonds is 9. The lowest BCUT2D eigenvalue weighted by Crippen LogP contribution is -3.00. The maximum Gasteiger partial charge on any atom is 0.346 e. The highest BCUT2D eigenvalue weighted by Gasteiger charge is 2.14. The summed E-state index contributed by atoms with van der Waals surface area (Å²) >= 11 is 0. The van der Waals surface area contributed by atoms with E-state index in [1.807, 2.05) is 55.5 Å². The molecule has 8 heteroatoms. The second-order valence-corrected chi connectivity index (χ2v) is 6.22. The van der Waals surface area contributed by atoms with Gasteiger partial charge in [0.15, 0.2) is 11.5 Å². The van der Waals surface area contributed by atoms with Crippen LogP contribution in [0.5, 0.6) is 17.5 Å². The zero-order valence-corrected chi connectivity index (χ0v) is 17.1. The molecule has 0 amide bonds. The molecule has 1 atom stereocenters. The molecule has 0 aliphatic carbocycles. The van der Waals surface area contributed by atoms with Crippen LogP contribution in [-0.2, 0) is 6.54 Å². The molecular formula is C20H25ClN5O2-. The quantitative estimate of drug-likeness (QED) is 0.569. The van der Waals surface area contributed by atoms with Gasteiger partial charge >= 0.3 is 6.01 Å². The van der Waals surface area contributed by atoms with Gasteiger partial charge in [-0.05, 0) is 60.5 Å². The van der Waals surface area contributed by atoms with Gasteiger partial charge in [-0.15, -0.1) is 0 Å². The summed E-state index contributed by atoms with van der Waals surface area (Å²) in [4.78, 5) is 0. The Hall–Kier alpha value is -2.64. The zero-order chi connectivity index (χ0) is 19.1. The minimum atomic E-state index is 0. The Labute approximate surface area is 171 Å². The normalized spacial score (nSPS) is 11.5. The minimum Gasteiger partial charge on any atom is -1.00 e. The number of hydrogen-bond acceptors (Lipinski definition) is 6. The summed E-state index contributed by atoms with van der Waals surface area (Å²) in [5.41, 5.74) is 1.96. The summed E-state index contributed by atoms with van der Waals surface area (Å²) in [6.07, 6.45) is 1.08. The third kappa shape index (κ3) is 5.43. The molecule has 28 heavy (non-hydrogen) atoms. The molecular weight excluding hydrogens is 378 g/mol. The van der Waals surface area contributed by atoms with Crippen LogP contribution < -0.4 is 27.2 Å². The van der Waals surface area contributed by atoms with Crippen LogP contribution in [0.15, 0.2) is 48.5 Å². The van der Waals surface area contributed by atoms with Crippen LogP contribution in [0, 0.1) is 0 Å². The number of tetrazole rings is 1. The van der Waals surface area contributed by atoms with Crippen molar-refractivity contribution >= 4 is 0 Å². The first kappa shape index (κ1) is 21.7. The van der Waals surface area contributed by atoms with E-state index in [-0.39, 0.29) is 18.4 Å². The van der Waals surface area contributed by atoms with Crippen LogP contribution >= 0.6 is 0 Å². The van der Waals surface area contributed by atoms with Gasteiger partial charge in [0.25, 0.3) is 0 Å². The van der Waals surface area contributed by atoms with Gasteiger partial charge in [-0.25, -0.2) is 0 Å². The predicted molar refractivity (Wildman–Crippen MR) is 103 cm³/mol. The van der Waals surface area contributed by atoms with Gasteiger partial charge in [0, 0.05) is 12.6 Å². The summed E-state index contributed by atoms with van der Waals surface area (Å²) in [5, 5.41) is 15.2. The van der Waals surface area contributed by atoms with Crippen LogP contribution in [0.3, 0.4) is 0 Å². The smallest absolute Gasteiger partial charge is 0.346 e. The van der Waals surface area contributed by atoms with E-state index in [1.165, 1.54) is 0 Å². The Morgan fingerprint density at radius 3 is 2.57 bits per heavy atom. The van der Waals surface area contributed by atoms with E-state index in [0.717, 1.165) is 24.2 Å². The molecule has 0 aliphatic heterocycles. The van der Waals surface area contributed by atoms with Gasteiger partial charge in [-0.3, -0.25) is 0 Å². The van der Waals surface area contributed by atoms with E-state index in [0.29, 0.717) is 24.1 Å². The van der Waals surface area contributed by atoms with Gasteiger partial charge in [0.1, 0.15) is 0 Å². The van der Waals surface area contributed by atoms with Crippen LogP contribution in [0.2, 0.25) is 0 Å². The minimum absolute atomic E-state index is 0. The van der Waals surface area contributed by atoms with E-state index < -0.39 is 0 Å². The van der Waals surface area contributed by atoms with Gasteiger partial charge in [0.2, 0.25) is 0 Å². The number of para-hydroxylation sites is 1. The van der Waals surface area contributed by atoms with Crippen LogP contribution in [0.4, 0.5) is 0 Å². The first-order valence-corrected chi connectivity index (χ1v) is 9.22. The Morgan fingerprint density at radius 1 is 1.07 bits per heavy atom. The number of benzene rings is 2. The van der Waals surface area contributed by atoms with Gasteiger partial charge in [0.05, 0.1) is 12.3 Å². The van der Waals surface area contributed by atoms with E-state index >= 15 is 0 Å². The van der Waals surface area contributed by atoms with Crippen molar-refractivity contribution in [2.24, 2.45) is 0 Å². The molecule has 3 rings (SSSR count). The molecule has 0 radical (unpaired) electrons. The van der Waals surface area contributed by atoms with Crippen molar-refractivity contribution in [3.63, 3.8) is 0 Å². The molecule has 0 saturated heterocycles. The molecule has 7 nitrogen and oxygen atoms in total. The van der Waals surface area contributed by atoms with Crippen LogP contribution in [0.25, 0.3) is 5.69 Å². The molecule has 0 aliphatic rings. The number of hydrogen-bond donors (Lipinski definition) is 1. The van der Waals surface area contributed by atoms with Crippen molar-refractivity contribution < 1.29 is 21.9 Å². The number of nitrogens with one attached hydrogen (secondary N) is 1. The van der Waals surface area contributed by atoms with Gasteiger partial charge < -0.3 is 27.2 Å². The fourth-order valence-corrected chi connectivity index (χ4v) is 2.52. The standard InChI is InChI=1S/C20H25N5O2.ClH/c1-4-15(3)21-14-16-11-12-18(19(13-16)26-5-2)27-20-22-23-24-25(20)17-9-7-6-8-10-17;/h6-13,15,21H,4-5,14H2,1-3H3;1H/p-1. The lowest BCUT2D eigenvalue weighted by atomic mass is 10.1. The highest BCUT2D eigenvalue weighted by atomic mass is 35.5. The maximum absolute atomic E-state index is 5.97. The lowest BCUT2D eigenvalue weighted by molar-refractivity contribution is -0.00000688. The molecule has 0 saturated carbocycles. The summed E-state index contributed by atoms with van der Waals surface area (Å²) in [5.74, 6) is 1.25. The fraction of sp³-hybridized carbons (Fsp3) is 0.350. The molecule has 150 valence electrons. The highest BCUT2D eigenvalue weighted by molar-refractivity contribution is 5.44. The van der Waals surface area contributed by atoms with E-state index in [1.54, 1.807) is 4.68 Å². The average Bonchev–Trinajstić information content (AvgIpc) is 3.17. The first-order chi connectivity index (χ1) is 13.2. The average molecular weight is 403 g/mol. The summed E-state index contributed by atoms with van der Waals surface area (Å²) in [6.45, 7) is 7.60. The van der Waals surface area contributed by atoms with Gasteiger partial charge in [-0.1, -0.05) is 36.3 Å². The van der Waals surface area contributed by atoms with Crippen LogP contribution in [0.1, 0.15) is 32.8 Å². The topological polar surface area (TPSA) is 74.1 Å². The Kier molecular flexibility index (Phi) is 8.22. The molecule has 0 bridgehead atoms. The first-order valence-electron chi connectivity index (χ1n) is 9.22. The summed E-state index contributed by atoms with van der Waals surface area (Å²) in [6, 6.07) is 16.3. The molecule has 2 aromatic carbocycles. The fourth-order valence-electron chi connectivity index (χ4n) is 2.52. The SMILES string of the molecule is CCOc1cc(CNC(C)CC)ccc1Oc1nnnn1-c1ccccc1.[Cl-]. The second kappa shape index (κ2) is 10.6. The molecule has 0 spiro atoms. The predicted octanol–water partition coefficient (Wildman–Crippen LogP) is 0.745. The van der Waals surface area contributed by atoms with Crippen molar-refractivity contribution in [1.29, 1.82) is 0 Å². The Balaban J connectivity index is 0.00000280. The van der Waals surface area contributed by atoms with Crippen molar-refractivity contribution in [3.8, 4) is 23.2 Å². The molecule has 1 aromatic heterocycles. The van der Waals surface area contributed by atoms with Crippen molar-refractivity contribution in [2.75, 3.05) is 6.61 Å². The third-order valence-corrected chi connectivity index (χ3v) is 4.22. The second-order valence-electron chi connectivity index (χ2n) is 6.22. The molecule has 3 aromatic rings. The monoisotopic (exact) mass is 402 g/mol. The Bertz CT molecular complexity index is 857. The molecule has 0 fully saturated rings. The molecule has 1 N–H and O–H groups in total. The third-order valence-electron chi connectivity index (χ3n) is 4.22. The highest BCUT2D eigenvalue weighted by Crippen LogP contribution is 2.32. The number of halogens is 1. The van der Waals surface area contributed by atoms with E-state index in [9.17, 15) is 0 Å². The number of aromatic nitrogens is 4. The van der Waals surface area contributed by atoms with Crippen LogP contribution in [-0.4, -0.2) is 32.9 Å². The Morgan fingerprint density at radius 2 is 1.86 bits per heavy atom. The number of ether oxygens (including phenoxy) is 2. The molecule has 1 heterocycles. The largest absolute Gasteiger partial charge is 1.00 e. The molecule has 1 unspecified atom stereocenters. The number of nitrogens with zero attached hydrogens (tertiary/aromatic N) is 4. The maximum atomic E-state index is 5.97.